The van der Waals surface area contributed by atoms with Crippen LogP contribution in [-0.2, 0) is 4.79 Å². The number of carboxylic acid groups (broad SMARTS) is 1. The average Bonchev–Trinajstić information content (AvgIpc) is 2.78. The molecule has 2 atom stereocenters. The normalized spacial score (nSPS) is 18.3. The molecule has 21 heavy (non-hydrogen) atoms. The fourth-order valence-corrected chi connectivity index (χ4v) is 2.26. The first kappa shape index (κ1) is 15.2. The zero-order chi connectivity index (χ0) is 15.6. The van der Waals surface area contributed by atoms with E-state index in [0.717, 1.165) is 11.3 Å². The highest BCUT2D eigenvalue weighted by molar-refractivity contribution is 5.83. The number of carboxylic acids is 1. The first-order valence-corrected chi connectivity index (χ1v) is 6.80. The van der Waals surface area contributed by atoms with Gasteiger partial charge < -0.3 is 20.5 Å². The molecule has 0 aromatic heterocycles. The summed E-state index contributed by atoms with van der Waals surface area (Å²) in [6.07, 6.45) is 0. The van der Waals surface area contributed by atoms with E-state index in [1.807, 2.05) is 24.3 Å². The number of fused-ring (bicyclic) bond motifs is 1. The Balaban J connectivity index is 2.01. The van der Waals surface area contributed by atoms with Gasteiger partial charge in [-0.25, -0.2) is 9.59 Å². The van der Waals surface area contributed by atoms with Crippen LogP contribution >= 0.6 is 0 Å². The van der Waals surface area contributed by atoms with E-state index in [2.05, 4.69) is 10.6 Å². The number of carbonyl (C=O) groups excluding carboxylic acids is 1. The number of aliphatic carboxylic acids is 1. The van der Waals surface area contributed by atoms with Gasteiger partial charge in [-0.05, 0) is 11.5 Å². The summed E-state index contributed by atoms with van der Waals surface area (Å²) in [6, 6.07) is 5.71. The molecule has 1 aromatic rings. The van der Waals surface area contributed by atoms with Crippen molar-refractivity contribution in [3.8, 4) is 5.75 Å². The van der Waals surface area contributed by atoms with Crippen molar-refractivity contribution in [1.82, 2.24) is 10.6 Å². The highest BCUT2D eigenvalue weighted by Gasteiger charge is 2.33. The quantitative estimate of drug-likeness (QED) is 0.794. The van der Waals surface area contributed by atoms with E-state index < -0.39 is 23.5 Å². The zero-order valence-electron chi connectivity index (χ0n) is 12.3. The standard InChI is InChI=1S/C15H20N2O4/c1-15(2,3)12(13(18)19)17-14(20)16-10-8-21-11-7-5-4-6-9(10)11/h4-7,10,12H,8H2,1-3H3,(H,18,19)(H2,16,17,20)/t10?,12-/m1/s1. The second kappa shape index (κ2) is 5.63. The summed E-state index contributed by atoms with van der Waals surface area (Å²) in [5, 5.41) is 14.5. The lowest BCUT2D eigenvalue weighted by molar-refractivity contribution is -0.141. The highest BCUT2D eigenvalue weighted by Crippen LogP contribution is 2.31. The summed E-state index contributed by atoms with van der Waals surface area (Å²) in [6.45, 7) is 5.64. The molecule has 1 heterocycles. The van der Waals surface area contributed by atoms with Crippen LogP contribution in [0.25, 0.3) is 0 Å². The fourth-order valence-electron chi connectivity index (χ4n) is 2.26. The van der Waals surface area contributed by atoms with Crippen molar-refractivity contribution in [3.05, 3.63) is 29.8 Å². The number of hydrogen-bond donors (Lipinski definition) is 3. The predicted molar refractivity (Wildman–Crippen MR) is 77.2 cm³/mol. The molecule has 1 aromatic carbocycles. The number of carbonyl (C=O) groups is 2. The zero-order valence-corrected chi connectivity index (χ0v) is 12.3. The van der Waals surface area contributed by atoms with Gasteiger partial charge in [-0.1, -0.05) is 39.0 Å². The molecule has 2 rings (SSSR count). The molecule has 6 nitrogen and oxygen atoms in total. The molecule has 2 amide bonds. The molecular formula is C15H20N2O4. The van der Waals surface area contributed by atoms with E-state index in [1.54, 1.807) is 20.8 Å². The van der Waals surface area contributed by atoms with Crippen LogP contribution in [0.1, 0.15) is 32.4 Å². The van der Waals surface area contributed by atoms with Crippen LogP contribution in [0.4, 0.5) is 4.79 Å². The van der Waals surface area contributed by atoms with E-state index in [0.29, 0.717) is 6.61 Å². The molecule has 0 saturated heterocycles. The van der Waals surface area contributed by atoms with Crippen LogP contribution in [0, 0.1) is 5.41 Å². The summed E-state index contributed by atoms with van der Waals surface area (Å²) in [7, 11) is 0. The van der Waals surface area contributed by atoms with Crippen LogP contribution < -0.4 is 15.4 Å². The van der Waals surface area contributed by atoms with Crippen molar-refractivity contribution < 1.29 is 19.4 Å². The molecule has 0 saturated carbocycles. The third-order valence-electron chi connectivity index (χ3n) is 3.39. The third-order valence-corrected chi connectivity index (χ3v) is 3.39. The molecule has 0 spiro atoms. The summed E-state index contributed by atoms with van der Waals surface area (Å²) < 4.78 is 5.47. The Bertz CT molecular complexity index is 551. The van der Waals surface area contributed by atoms with Gasteiger partial charge in [0.25, 0.3) is 0 Å². The summed E-state index contributed by atoms with van der Waals surface area (Å²) in [5.74, 6) is -0.311. The molecule has 3 N–H and O–H groups in total. The van der Waals surface area contributed by atoms with Gasteiger partial charge in [-0.2, -0.15) is 0 Å². The maximum atomic E-state index is 12.0. The molecule has 0 radical (unpaired) electrons. The lowest BCUT2D eigenvalue weighted by Crippen LogP contribution is -2.52. The highest BCUT2D eigenvalue weighted by atomic mass is 16.5. The maximum Gasteiger partial charge on any atom is 0.326 e. The van der Waals surface area contributed by atoms with Gasteiger partial charge >= 0.3 is 12.0 Å². The van der Waals surface area contributed by atoms with Crippen molar-refractivity contribution in [1.29, 1.82) is 0 Å². The second-order valence-corrected chi connectivity index (χ2v) is 6.16. The van der Waals surface area contributed by atoms with Crippen LogP contribution in [-0.4, -0.2) is 29.8 Å². The minimum atomic E-state index is -1.05. The Hall–Kier alpha value is -2.24. The Morgan fingerprint density at radius 1 is 1.33 bits per heavy atom. The van der Waals surface area contributed by atoms with Gasteiger partial charge in [-0.3, -0.25) is 0 Å². The molecule has 1 unspecified atom stereocenters. The lowest BCUT2D eigenvalue weighted by Gasteiger charge is -2.28. The first-order chi connectivity index (χ1) is 9.79. The van der Waals surface area contributed by atoms with Gasteiger partial charge in [0.05, 0.1) is 6.04 Å². The van der Waals surface area contributed by atoms with E-state index in [-0.39, 0.29) is 6.04 Å². The van der Waals surface area contributed by atoms with Crippen LogP contribution in [0.2, 0.25) is 0 Å². The Labute approximate surface area is 123 Å². The van der Waals surface area contributed by atoms with E-state index >= 15 is 0 Å². The molecule has 1 aliphatic rings. The van der Waals surface area contributed by atoms with Crippen molar-refractivity contribution in [2.45, 2.75) is 32.9 Å². The average molecular weight is 292 g/mol. The van der Waals surface area contributed by atoms with E-state index in [4.69, 9.17) is 4.74 Å². The minimum Gasteiger partial charge on any atom is -0.491 e. The molecular weight excluding hydrogens is 272 g/mol. The minimum absolute atomic E-state index is 0.268. The topological polar surface area (TPSA) is 87.7 Å². The number of benzene rings is 1. The Kier molecular flexibility index (Phi) is 4.06. The molecule has 1 aliphatic heterocycles. The number of hydrogen-bond acceptors (Lipinski definition) is 3. The first-order valence-electron chi connectivity index (χ1n) is 6.80. The maximum absolute atomic E-state index is 12.0. The molecule has 114 valence electrons. The Morgan fingerprint density at radius 2 is 2.00 bits per heavy atom. The largest absolute Gasteiger partial charge is 0.491 e. The van der Waals surface area contributed by atoms with Crippen molar-refractivity contribution >= 4 is 12.0 Å². The van der Waals surface area contributed by atoms with Gasteiger partial charge in [0, 0.05) is 5.56 Å². The molecule has 6 heteroatoms. The van der Waals surface area contributed by atoms with Gasteiger partial charge in [0.15, 0.2) is 0 Å². The molecule has 0 bridgehead atoms. The number of amides is 2. The SMILES string of the molecule is CC(C)(C)[C@H](NC(=O)NC1COc2ccccc21)C(=O)O. The van der Waals surface area contributed by atoms with Gasteiger partial charge in [-0.15, -0.1) is 0 Å². The van der Waals surface area contributed by atoms with Gasteiger partial charge in [0.2, 0.25) is 0 Å². The lowest BCUT2D eigenvalue weighted by atomic mass is 9.87. The summed E-state index contributed by atoms with van der Waals surface area (Å²) in [5.41, 5.74) is 0.322. The number of ether oxygens (including phenoxy) is 1. The summed E-state index contributed by atoms with van der Waals surface area (Å²) >= 11 is 0. The smallest absolute Gasteiger partial charge is 0.326 e. The number of para-hydroxylation sites is 1. The molecule has 0 fully saturated rings. The number of nitrogens with one attached hydrogen (secondary N) is 2. The van der Waals surface area contributed by atoms with E-state index in [9.17, 15) is 14.7 Å². The van der Waals surface area contributed by atoms with Gasteiger partial charge in [0.1, 0.15) is 18.4 Å². The predicted octanol–water partition coefficient (Wildman–Crippen LogP) is 1.92. The second-order valence-electron chi connectivity index (χ2n) is 6.16. The van der Waals surface area contributed by atoms with E-state index in [1.165, 1.54) is 0 Å². The van der Waals surface area contributed by atoms with Crippen LogP contribution in [0.15, 0.2) is 24.3 Å². The number of rotatable bonds is 3. The third kappa shape index (κ3) is 3.45. The fraction of sp³-hybridized carbons (Fsp3) is 0.467. The van der Waals surface area contributed by atoms with Crippen molar-refractivity contribution in [2.75, 3.05) is 6.61 Å². The monoisotopic (exact) mass is 292 g/mol. The van der Waals surface area contributed by atoms with Crippen LogP contribution in [0.3, 0.4) is 0 Å². The Morgan fingerprint density at radius 3 is 2.62 bits per heavy atom. The summed E-state index contributed by atoms with van der Waals surface area (Å²) in [4.78, 5) is 23.3. The van der Waals surface area contributed by atoms with Crippen molar-refractivity contribution in [2.24, 2.45) is 5.41 Å². The van der Waals surface area contributed by atoms with Crippen molar-refractivity contribution in [3.63, 3.8) is 0 Å². The number of urea groups is 1. The molecule has 0 aliphatic carbocycles. The van der Waals surface area contributed by atoms with Crippen LogP contribution in [0.5, 0.6) is 5.75 Å².